The van der Waals surface area contributed by atoms with E-state index in [9.17, 15) is 4.79 Å². The van der Waals surface area contributed by atoms with Crippen LogP contribution in [0.5, 0.6) is 5.88 Å². The van der Waals surface area contributed by atoms with Crippen molar-refractivity contribution >= 4 is 23.1 Å². The zero-order valence-corrected chi connectivity index (χ0v) is 18.6. The third-order valence-corrected chi connectivity index (χ3v) is 6.02. The third kappa shape index (κ3) is 5.17. The average Bonchev–Trinajstić information content (AvgIpc) is 3.04. The van der Waals surface area contributed by atoms with E-state index < -0.39 is 5.97 Å². The Bertz CT molecular complexity index is 901. The molecule has 1 aromatic heterocycles. The van der Waals surface area contributed by atoms with Gasteiger partial charge in [-0.15, -0.1) is 5.10 Å². The first-order valence-corrected chi connectivity index (χ1v) is 10.7. The molecule has 1 saturated carbocycles. The minimum Gasteiger partial charge on any atom is -0.503 e. The molecular weight excluding hydrogens is 404 g/mol. The van der Waals surface area contributed by atoms with Gasteiger partial charge >= 0.3 is 5.97 Å². The maximum Gasteiger partial charge on any atom is 0.341 e. The number of rotatable bonds is 8. The summed E-state index contributed by atoms with van der Waals surface area (Å²) in [5, 5.41) is 5.24. The van der Waals surface area contributed by atoms with Crippen LogP contribution in [0.4, 0.5) is 0 Å². The van der Waals surface area contributed by atoms with Crippen LogP contribution in [-0.4, -0.2) is 30.0 Å². The fourth-order valence-electron chi connectivity index (χ4n) is 3.89. The summed E-state index contributed by atoms with van der Waals surface area (Å²) in [7, 11) is 2.83. The molecule has 0 unspecified atom stereocenters. The summed E-state index contributed by atoms with van der Waals surface area (Å²) in [5.41, 5.74) is 2.67. The van der Waals surface area contributed by atoms with E-state index in [-0.39, 0.29) is 6.61 Å². The Morgan fingerprint density at radius 2 is 1.97 bits per heavy atom. The number of benzene rings is 1. The van der Waals surface area contributed by atoms with Gasteiger partial charge in [-0.05, 0) is 36.8 Å². The summed E-state index contributed by atoms with van der Waals surface area (Å²) in [6.07, 6.45) is 7.70. The van der Waals surface area contributed by atoms with Crippen molar-refractivity contribution in [2.24, 2.45) is 5.92 Å². The molecule has 6 nitrogen and oxygen atoms in total. The number of hydrogen-bond donors (Lipinski definition) is 0. The largest absolute Gasteiger partial charge is 0.503 e. The van der Waals surface area contributed by atoms with Gasteiger partial charge in [0.05, 0.1) is 20.5 Å². The molecule has 0 atom stereocenters. The number of carbonyl (C=O) groups is 1. The van der Waals surface area contributed by atoms with Crippen LogP contribution in [-0.2, 0) is 27.4 Å². The van der Waals surface area contributed by atoms with E-state index in [0.29, 0.717) is 28.1 Å². The van der Waals surface area contributed by atoms with Gasteiger partial charge in [0.25, 0.3) is 0 Å². The first-order chi connectivity index (χ1) is 14.5. The van der Waals surface area contributed by atoms with Crippen molar-refractivity contribution in [3.05, 3.63) is 52.4 Å². The van der Waals surface area contributed by atoms with Crippen LogP contribution in [0.15, 0.2) is 30.5 Å². The molecule has 0 N–H and O–H groups in total. The highest BCUT2D eigenvalue weighted by Gasteiger charge is 2.21. The molecule has 1 fully saturated rings. The fourth-order valence-corrected chi connectivity index (χ4v) is 4.07. The van der Waals surface area contributed by atoms with Crippen molar-refractivity contribution in [3.8, 4) is 5.88 Å². The standard InChI is InChI=1S/C23H29ClN2O4/c1-16-21(24)26(13-17-9-5-4-6-10-17)25-22(16)30-14-18-11-7-8-12-19(18)20(15-28-2)23(27)29-3/h7-8,11-12,15,17H,4-6,9-10,13-14H2,1-3H3/b20-15+. The third-order valence-electron chi connectivity index (χ3n) is 5.54. The SMILES string of the molecule is CO/C=C(/C(=O)OC)c1ccccc1COc1nn(CC2CCCCC2)c(Cl)c1C. The molecule has 2 aromatic rings. The van der Waals surface area contributed by atoms with Crippen LogP contribution in [0.1, 0.15) is 48.8 Å². The van der Waals surface area contributed by atoms with E-state index >= 15 is 0 Å². The molecule has 0 spiro atoms. The molecule has 1 heterocycles. The fraction of sp³-hybridized carbons (Fsp3) is 0.478. The number of nitrogens with zero attached hydrogens (tertiary/aromatic N) is 2. The molecule has 1 aromatic carbocycles. The number of methoxy groups -OCH3 is 2. The molecule has 162 valence electrons. The molecule has 1 aliphatic rings. The smallest absolute Gasteiger partial charge is 0.341 e. The maximum atomic E-state index is 12.2. The van der Waals surface area contributed by atoms with E-state index in [2.05, 4.69) is 5.10 Å². The molecule has 0 amide bonds. The lowest BCUT2D eigenvalue weighted by molar-refractivity contribution is -0.133. The maximum absolute atomic E-state index is 12.2. The second-order valence-corrected chi connectivity index (χ2v) is 7.97. The van der Waals surface area contributed by atoms with Gasteiger partial charge in [0.1, 0.15) is 17.3 Å². The van der Waals surface area contributed by atoms with Crippen molar-refractivity contribution in [1.82, 2.24) is 9.78 Å². The number of ether oxygens (including phenoxy) is 3. The first kappa shape index (κ1) is 22.2. The number of halogens is 1. The van der Waals surface area contributed by atoms with Gasteiger partial charge in [-0.3, -0.25) is 0 Å². The number of esters is 1. The molecule has 7 heteroatoms. The molecular formula is C23H29ClN2O4. The van der Waals surface area contributed by atoms with Gasteiger partial charge in [-0.25, -0.2) is 9.48 Å². The van der Waals surface area contributed by atoms with Gasteiger partial charge in [-0.1, -0.05) is 55.1 Å². The van der Waals surface area contributed by atoms with Crippen LogP contribution in [0, 0.1) is 12.8 Å². The Morgan fingerprint density at radius 1 is 1.23 bits per heavy atom. The molecule has 0 radical (unpaired) electrons. The number of aromatic nitrogens is 2. The summed E-state index contributed by atoms with van der Waals surface area (Å²) in [6.45, 7) is 2.98. The Kier molecular flexibility index (Phi) is 7.80. The van der Waals surface area contributed by atoms with E-state index in [0.717, 1.165) is 17.7 Å². The van der Waals surface area contributed by atoms with Crippen molar-refractivity contribution < 1.29 is 19.0 Å². The Balaban J connectivity index is 1.77. The zero-order chi connectivity index (χ0) is 21.5. The second kappa shape index (κ2) is 10.5. The zero-order valence-electron chi connectivity index (χ0n) is 17.8. The van der Waals surface area contributed by atoms with Gasteiger partial charge in [0.2, 0.25) is 5.88 Å². The minimum absolute atomic E-state index is 0.242. The van der Waals surface area contributed by atoms with Crippen LogP contribution < -0.4 is 4.74 Å². The highest BCUT2D eigenvalue weighted by molar-refractivity contribution is 6.30. The normalized spacial score (nSPS) is 15.1. The molecule has 30 heavy (non-hydrogen) atoms. The summed E-state index contributed by atoms with van der Waals surface area (Å²) < 4.78 is 17.8. The first-order valence-electron chi connectivity index (χ1n) is 10.3. The molecule has 1 aliphatic carbocycles. The molecule has 0 saturated heterocycles. The van der Waals surface area contributed by atoms with Crippen LogP contribution in [0.3, 0.4) is 0 Å². The summed E-state index contributed by atoms with van der Waals surface area (Å²) in [6, 6.07) is 7.48. The molecule has 3 rings (SSSR count). The molecule has 0 aliphatic heterocycles. The van der Waals surface area contributed by atoms with Crippen LogP contribution in [0.2, 0.25) is 5.15 Å². The number of hydrogen-bond acceptors (Lipinski definition) is 5. The van der Waals surface area contributed by atoms with Gasteiger partial charge in [0.15, 0.2) is 0 Å². The van der Waals surface area contributed by atoms with Crippen molar-refractivity contribution in [2.75, 3.05) is 14.2 Å². The quantitative estimate of drug-likeness (QED) is 0.327. The lowest BCUT2D eigenvalue weighted by Gasteiger charge is -2.21. The van der Waals surface area contributed by atoms with E-state index in [1.165, 1.54) is 52.6 Å². The second-order valence-electron chi connectivity index (χ2n) is 7.61. The summed E-state index contributed by atoms with van der Waals surface area (Å²) in [4.78, 5) is 12.2. The van der Waals surface area contributed by atoms with Crippen LogP contribution in [0.25, 0.3) is 5.57 Å². The monoisotopic (exact) mass is 432 g/mol. The van der Waals surface area contributed by atoms with Gasteiger partial charge in [0, 0.05) is 12.1 Å². The lowest BCUT2D eigenvalue weighted by Crippen LogP contribution is -2.15. The average molecular weight is 433 g/mol. The van der Waals surface area contributed by atoms with E-state index in [4.69, 9.17) is 25.8 Å². The Hall–Kier alpha value is -2.47. The summed E-state index contributed by atoms with van der Waals surface area (Å²) in [5.74, 6) is 0.659. The van der Waals surface area contributed by atoms with E-state index in [1.807, 2.05) is 35.9 Å². The van der Waals surface area contributed by atoms with Crippen molar-refractivity contribution in [2.45, 2.75) is 52.2 Å². The highest BCUT2D eigenvalue weighted by Crippen LogP contribution is 2.31. The topological polar surface area (TPSA) is 62.6 Å². The van der Waals surface area contributed by atoms with Crippen molar-refractivity contribution in [1.29, 1.82) is 0 Å². The number of carbonyl (C=O) groups excluding carboxylic acids is 1. The van der Waals surface area contributed by atoms with Gasteiger partial charge < -0.3 is 14.2 Å². The van der Waals surface area contributed by atoms with Crippen LogP contribution >= 0.6 is 11.6 Å². The minimum atomic E-state index is -0.472. The molecule has 0 bridgehead atoms. The predicted molar refractivity (Wildman–Crippen MR) is 116 cm³/mol. The lowest BCUT2D eigenvalue weighted by atomic mass is 9.89. The predicted octanol–water partition coefficient (Wildman–Crippen LogP) is 5.16. The Labute approximate surface area is 182 Å². The van der Waals surface area contributed by atoms with Crippen molar-refractivity contribution in [3.63, 3.8) is 0 Å². The highest BCUT2D eigenvalue weighted by atomic mass is 35.5. The van der Waals surface area contributed by atoms with E-state index in [1.54, 1.807) is 0 Å². The summed E-state index contributed by atoms with van der Waals surface area (Å²) >= 11 is 6.53. The van der Waals surface area contributed by atoms with Gasteiger partial charge in [-0.2, -0.15) is 0 Å². The Morgan fingerprint density at radius 3 is 2.67 bits per heavy atom.